The zero-order valence-corrected chi connectivity index (χ0v) is 11.6. The van der Waals surface area contributed by atoms with E-state index in [1.54, 1.807) is 0 Å². The van der Waals surface area contributed by atoms with Crippen molar-refractivity contribution >= 4 is 35.2 Å². The Bertz CT molecular complexity index is 550. The van der Waals surface area contributed by atoms with Crippen molar-refractivity contribution in [3.8, 4) is 0 Å². The Morgan fingerprint density at radius 3 is 2.67 bits per heavy atom. The first-order chi connectivity index (χ1) is 9.90. The molecule has 0 unspecified atom stereocenters. The number of hydrogen-bond donors (Lipinski definition) is 4. The van der Waals surface area contributed by atoms with Gasteiger partial charge in [-0.3, -0.25) is 4.79 Å². The van der Waals surface area contributed by atoms with Crippen molar-refractivity contribution in [1.29, 1.82) is 0 Å². The molecule has 1 aromatic rings. The number of nitrogens with two attached hydrogens (primary N) is 1. The Morgan fingerprint density at radius 2 is 2.05 bits per heavy atom. The number of primary amides is 1. The van der Waals surface area contributed by atoms with Gasteiger partial charge in [0.15, 0.2) is 0 Å². The molecule has 0 saturated carbocycles. The van der Waals surface area contributed by atoms with Crippen molar-refractivity contribution in [1.82, 2.24) is 5.32 Å². The van der Waals surface area contributed by atoms with E-state index in [4.69, 9.17) is 27.2 Å². The lowest BCUT2D eigenvalue weighted by Gasteiger charge is -2.10. The van der Waals surface area contributed by atoms with Crippen LogP contribution in [0.4, 0.5) is 10.5 Å². The lowest BCUT2D eigenvalue weighted by atomic mass is 10.2. The smallest absolute Gasteiger partial charge is 0.337 e. The van der Waals surface area contributed by atoms with E-state index < -0.39 is 17.9 Å². The molecule has 3 amide bonds. The maximum Gasteiger partial charge on any atom is 0.337 e. The van der Waals surface area contributed by atoms with Crippen LogP contribution in [0.5, 0.6) is 0 Å². The first-order valence-electron chi connectivity index (χ1n) is 5.84. The number of rotatable bonds is 7. The first-order valence-corrected chi connectivity index (χ1v) is 6.21. The van der Waals surface area contributed by atoms with Gasteiger partial charge in [0.2, 0.25) is 5.91 Å². The molecule has 114 valence electrons. The molecular weight excluding hydrogens is 302 g/mol. The molecule has 0 heterocycles. The predicted octanol–water partition coefficient (Wildman–Crippen LogP) is 0.662. The quantitative estimate of drug-likeness (QED) is 0.549. The molecule has 0 saturated heterocycles. The van der Waals surface area contributed by atoms with E-state index in [0.717, 1.165) is 0 Å². The summed E-state index contributed by atoms with van der Waals surface area (Å²) < 4.78 is 4.84. The number of carbonyl (C=O) groups is 3. The third-order valence-corrected chi connectivity index (χ3v) is 2.47. The topological polar surface area (TPSA) is 131 Å². The Kier molecular flexibility index (Phi) is 6.44. The molecule has 8 nitrogen and oxygen atoms in total. The number of hydrogen-bond acceptors (Lipinski definition) is 4. The highest BCUT2D eigenvalue weighted by Crippen LogP contribution is 2.20. The minimum absolute atomic E-state index is 0.1000. The zero-order chi connectivity index (χ0) is 15.8. The number of carboxylic acid groups (broad SMARTS) is 1. The molecule has 1 rings (SSSR count). The molecule has 0 fully saturated rings. The number of anilines is 1. The lowest BCUT2D eigenvalue weighted by molar-refractivity contribution is -0.122. The average Bonchev–Trinajstić information content (AvgIpc) is 2.39. The van der Waals surface area contributed by atoms with Crippen molar-refractivity contribution in [2.24, 2.45) is 5.73 Å². The van der Waals surface area contributed by atoms with Crippen molar-refractivity contribution in [2.45, 2.75) is 0 Å². The standard InChI is InChI=1S/C12H14ClN3O5/c13-7-1-2-9(8(5-7)11(18)19)16-12(20)15-3-4-21-6-10(14)17/h1-2,5H,3-4,6H2,(H2,14,17)(H,18,19)(H2,15,16,20). The number of urea groups is 1. The van der Waals surface area contributed by atoms with Gasteiger partial charge in [-0.1, -0.05) is 11.6 Å². The van der Waals surface area contributed by atoms with Crippen LogP contribution in [0.25, 0.3) is 0 Å². The van der Waals surface area contributed by atoms with Crippen molar-refractivity contribution < 1.29 is 24.2 Å². The van der Waals surface area contributed by atoms with Crippen LogP contribution >= 0.6 is 11.6 Å². The molecule has 1 aromatic carbocycles. The molecule has 0 atom stereocenters. The van der Waals surface area contributed by atoms with Crippen LogP contribution in [0.3, 0.4) is 0 Å². The van der Waals surface area contributed by atoms with Gasteiger partial charge in [-0.15, -0.1) is 0 Å². The molecule has 0 aliphatic rings. The Balaban J connectivity index is 2.48. The molecule has 0 spiro atoms. The fraction of sp³-hybridized carbons (Fsp3) is 0.250. The van der Waals surface area contributed by atoms with E-state index in [2.05, 4.69) is 10.6 Å². The largest absolute Gasteiger partial charge is 0.478 e. The summed E-state index contributed by atoms with van der Waals surface area (Å²) in [6.45, 7) is 0.00151. The predicted molar refractivity (Wildman–Crippen MR) is 75.4 cm³/mol. The number of aromatic carboxylic acids is 1. The molecule has 0 aliphatic heterocycles. The number of carbonyl (C=O) groups excluding carboxylic acids is 2. The van der Waals surface area contributed by atoms with Gasteiger partial charge in [-0.05, 0) is 18.2 Å². The summed E-state index contributed by atoms with van der Waals surface area (Å²) in [6.07, 6.45) is 0. The van der Waals surface area contributed by atoms with Gasteiger partial charge in [0.1, 0.15) is 6.61 Å². The summed E-state index contributed by atoms with van der Waals surface area (Å²) in [7, 11) is 0. The van der Waals surface area contributed by atoms with Gasteiger partial charge in [-0.25, -0.2) is 9.59 Å². The summed E-state index contributed by atoms with van der Waals surface area (Å²) in [5.74, 6) is -1.82. The monoisotopic (exact) mass is 315 g/mol. The minimum atomic E-state index is -1.21. The second kappa shape index (κ2) is 8.08. The third kappa shape index (κ3) is 6.11. The number of halogens is 1. The van der Waals surface area contributed by atoms with Crippen LogP contribution in [-0.4, -0.2) is 42.8 Å². The molecule has 0 aliphatic carbocycles. The van der Waals surface area contributed by atoms with E-state index >= 15 is 0 Å². The van der Waals surface area contributed by atoms with E-state index in [1.807, 2.05) is 0 Å². The number of amides is 3. The molecule has 0 radical (unpaired) electrons. The van der Waals surface area contributed by atoms with Gasteiger partial charge in [0, 0.05) is 11.6 Å². The summed E-state index contributed by atoms with van der Waals surface area (Å²) >= 11 is 5.70. The third-order valence-electron chi connectivity index (χ3n) is 2.24. The van der Waals surface area contributed by atoms with Crippen molar-refractivity contribution in [2.75, 3.05) is 25.1 Å². The maximum absolute atomic E-state index is 11.6. The fourth-order valence-corrected chi connectivity index (χ4v) is 1.55. The van der Waals surface area contributed by atoms with Crippen LogP contribution in [0.1, 0.15) is 10.4 Å². The van der Waals surface area contributed by atoms with Crippen molar-refractivity contribution in [3.63, 3.8) is 0 Å². The minimum Gasteiger partial charge on any atom is -0.478 e. The van der Waals surface area contributed by atoms with Crippen LogP contribution < -0.4 is 16.4 Å². The molecule has 5 N–H and O–H groups in total. The van der Waals surface area contributed by atoms with E-state index in [9.17, 15) is 14.4 Å². The highest BCUT2D eigenvalue weighted by molar-refractivity contribution is 6.31. The molecule has 0 aromatic heterocycles. The van der Waals surface area contributed by atoms with Gasteiger partial charge >= 0.3 is 12.0 Å². The van der Waals surface area contributed by atoms with Gasteiger partial charge in [0.25, 0.3) is 0 Å². The number of nitrogens with one attached hydrogen (secondary N) is 2. The van der Waals surface area contributed by atoms with Crippen molar-refractivity contribution in [3.05, 3.63) is 28.8 Å². The highest BCUT2D eigenvalue weighted by atomic mass is 35.5. The zero-order valence-electron chi connectivity index (χ0n) is 10.9. The van der Waals surface area contributed by atoms with Crippen LogP contribution in [0.2, 0.25) is 5.02 Å². The lowest BCUT2D eigenvalue weighted by Crippen LogP contribution is -2.32. The molecule has 0 bridgehead atoms. The van der Waals surface area contributed by atoms with Gasteiger partial charge in [-0.2, -0.15) is 0 Å². The first kappa shape index (κ1) is 16.7. The summed E-state index contributed by atoms with van der Waals surface area (Å²) in [5.41, 5.74) is 4.85. The summed E-state index contributed by atoms with van der Waals surface area (Å²) in [5, 5.41) is 14.1. The Hall–Kier alpha value is -2.32. The Labute approximate surface area is 125 Å². The average molecular weight is 316 g/mol. The van der Waals surface area contributed by atoms with Gasteiger partial charge < -0.3 is 26.2 Å². The molecule has 9 heteroatoms. The second-order valence-corrected chi connectivity index (χ2v) is 4.33. The maximum atomic E-state index is 11.6. The Morgan fingerprint density at radius 1 is 1.33 bits per heavy atom. The van der Waals surface area contributed by atoms with E-state index in [0.29, 0.717) is 0 Å². The van der Waals surface area contributed by atoms with Crippen LogP contribution in [-0.2, 0) is 9.53 Å². The van der Waals surface area contributed by atoms with Gasteiger partial charge in [0.05, 0.1) is 17.9 Å². The number of carboxylic acids is 1. The summed E-state index contributed by atoms with van der Waals surface area (Å²) in [4.78, 5) is 33.0. The second-order valence-electron chi connectivity index (χ2n) is 3.89. The highest BCUT2D eigenvalue weighted by Gasteiger charge is 2.12. The fourth-order valence-electron chi connectivity index (χ4n) is 1.38. The number of benzene rings is 1. The van der Waals surface area contributed by atoms with E-state index in [-0.39, 0.29) is 36.0 Å². The van der Waals surface area contributed by atoms with Crippen LogP contribution in [0.15, 0.2) is 18.2 Å². The molecular formula is C12H14ClN3O5. The normalized spacial score (nSPS) is 9.95. The van der Waals surface area contributed by atoms with E-state index in [1.165, 1.54) is 18.2 Å². The molecule has 21 heavy (non-hydrogen) atoms. The van der Waals surface area contributed by atoms with Crippen LogP contribution in [0, 0.1) is 0 Å². The SMILES string of the molecule is NC(=O)COCCNC(=O)Nc1ccc(Cl)cc1C(=O)O. The number of ether oxygens (including phenoxy) is 1. The summed E-state index contributed by atoms with van der Waals surface area (Å²) in [6, 6.07) is 3.46.